The monoisotopic (exact) mass is 1010 g/mol. The zero-order valence-electron chi connectivity index (χ0n) is 48.5. The van der Waals surface area contributed by atoms with Gasteiger partial charge in [0.25, 0.3) is 0 Å². The van der Waals surface area contributed by atoms with Gasteiger partial charge in [0.1, 0.15) is 13.2 Å². The first-order chi connectivity index (χ1) is 35.5. The van der Waals surface area contributed by atoms with E-state index in [1.54, 1.807) is 0 Å². The molecule has 72 heavy (non-hydrogen) atoms. The van der Waals surface area contributed by atoms with Gasteiger partial charge in [-0.1, -0.05) is 295 Å². The summed E-state index contributed by atoms with van der Waals surface area (Å²) >= 11 is 0. The Bertz CT molecular complexity index is 1210. The van der Waals surface area contributed by atoms with E-state index >= 15 is 0 Å². The van der Waals surface area contributed by atoms with E-state index in [-0.39, 0.29) is 31.1 Å². The number of unbranched alkanes of at least 4 members (excludes halogenated alkanes) is 42. The van der Waals surface area contributed by atoms with Gasteiger partial charge in [-0.05, 0) is 70.6 Å². The number of carbonyl (C=O) groups excluding carboxylic acids is 3. The lowest BCUT2D eigenvalue weighted by atomic mass is 10.0. The molecule has 0 fully saturated rings. The molecule has 0 spiro atoms. The summed E-state index contributed by atoms with van der Waals surface area (Å²) in [6.45, 7) is 6.62. The Kier molecular flexibility index (Phi) is 59.2. The van der Waals surface area contributed by atoms with Crippen LogP contribution in [0.3, 0.4) is 0 Å². The van der Waals surface area contributed by atoms with E-state index in [9.17, 15) is 14.4 Å². The molecule has 0 aliphatic carbocycles. The van der Waals surface area contributed by atoms with Crippen LogP contribution in [0.4, 0.5) is 0 Å². The SMILES string of the molecule is CCC/C=C\CCCCCCCC(=O)OCC(COC(=O)CCCCCCCCCCCCCCCCC/C=C\C/C=C\CCCCCCC)OC(=O)CCCCCCCCCCCCCCCCCCC. The molecule has 0 saturated carbocycles. The molecule has 0 aromatic carbocycles. The predicted octanol–water partition coefficient (Wildman–Crippen LogP) is 21.6. The molecule has 0 aromatic heterocycles. The molecule has 1 unspecified atom stereocenters. The van der Waals surface area contributed by atoms with Crippen molar-refractivity contribution in [3.8, 4) is 0 Å². The van der Waals surface area contributed by atoms with Crippen molar-refractivity contribution in [2.45, 2.75) is 354 Å². The van der Waals surface area contributed by atoms with Crippen molar-refractivity contribution < 1.29 is 28.6 Å². The molecule has 1 atom stereocenters. The molecule has 0 heterocycles. The van der Waals surface area contributed by atoms with Crippen molar-refractivity contribution in [3.05, 3.63) is 36.5 Å². The van der Waals surface area contributed by atoms with Crippen LogP contribution in [0.2, 0.25) is 0 Å². The van der Waals surface area contributed by atoms with Gasteiger partial charge in [-0.15, -0.1) is 0 Å². The fraction of sp³-hybridized carbons (Fsp3) is 0.864. The molecule has 0 bridgehead atoms. The standard InChI is InChI=1S/C66H122O6/c1-4-7-10-13-16-19-22-24-26-28-29-30-31-32-33-34-35-36-37-39-40-42-44-47-50-53-56-59-65(68)71-62-63(61-70-64(67)58-55-52-49-46-21-18-15-12-9-6-3)72-66(69)60-57-54-51-48-45-43-41-38-27-25-23-20-17-14-11-8-5-2/h12,15,22,24,28-29,63H,4-11,13-14,16-21,23,25-27,30-62H2,1-3H3/b15-12-,24-22-,29-28-. The zero-order valence-corrected chi connectivity index (χ0v) is 48.5. The predicted molar refractivity (Wildman–Crippen MR) is 312 cm³/mol. The van der Waals surface area contributed by atoms with Gasteiger partial charge in [-0.3, -0.25) is 14.4 Å². The van der Waals surface area contributed by atoms with Crippen LogP contribution in [-0.2, 0) is 28.6 Å². The van der Waals surface area contributed by atoms with Crippen LogP contribution in [0.5, 0.6) is 0 Å². The van der Waals surface area contributed by atoms with E-state index < -0.39 is 6.10 Å². The van der Waals surface area contributed by atoms with Crippen LogP contribution < -0.4 is 0 Å². The normalized spacial score (nSPS) is 12.2. The number of hydrogen-bond donors (Lipinski definition) is 0. The third kappa shape index (κ3) is 58.5. The highest BCUT2D eigenvalue weighted by Gasteiger charge is 2.19. The van der Waals surface area contributed by atoms with Crippen LogP contribution in [-0.4, -0.2) is 37.2 Å². The van der Waals surface area contributed by atoms with E-state index in [0.29, 0.717) is 19.3 Å². The van der Waals surface area contributed by atoms with E-state index in [1.807, 2.05) is 0 Å². The fourth-order valence-corrected chi connectivity index (χ4v) is 9.54. The minimum absolute atomic E-state index is 0.0702. The Labute approximate surface area is 448 Å². The molecule has 0 rings (SSSR count). The van der Waals surface area contributed by atoms with Gasteiger partial charge in [-0.25, -0.2) is 0 Å². The second-order valence-corrected chi connectivity index (χ2v) is 21.7. The van der Waals surface area contributed by atoms with E-state index in [1.165, 1.54) is 231 Å². The van der Waals surface area contributed by atoms with Gasteiger partial charge < -0.3 is 14.2 Å². The van der Waals surface area contributed by atoms with Gasteiger partial charge in [-0.2, -0.15) is 0 Å². The van der Waals surface area contributed by atoms with Gasteiger partial charge in [0.15, 0.2) is 6.10 Å². The van der Waals surface area contributed by atoms with Crippen LogP contribution in [0, 0.1) is 0 Å². The number of hydrogen-bond acceptors (Lipinski definition) is 6. The van der Waals surface area contributed by atoms with Gasteiger partial charge in [0.2, 0.25) is 0 Å². The van der Waals surface area contributed by atoms with Gasteiger partial charge in [0.05, 0.1) is 0 Å². The minimum atomic E-state index is -0.771. The van der Waals surface area contributed by atoms with Crippen molar-refractivity contribution in [1.29, 1.82) is 0 Å². The summed E-state index contributed by atoms with van der Waals surface area (Å²) in [5.41, 5.74) is 0. The summed E-state index contributed by atoms with van der Waals surface area (Å²) < 4.78 is 16.9. The quantitative estimate of drug-likeness (QED) is 0.0261. The fourth-order valence-electron chi connectivity index (χ4n) is 9.54. The topological polar surface area (TPSA) is 78.9 Å². The Hall–Kier alpha value is -2.37. The maximum absolute atomic E-state index is 12.9. The zero-order chi connectivity index (χ0) is 52.2. The number of carbonyl (C=O) groups is 3. The largest absolute Gasteiger partial charge is 0.462 e. The first-order valence-corrected chi connectivity index (χ1v) is 32.0. The molecule has 6 heteroatoms. The maximum atomic E-state index is 12.9. The van der Waals surface area contributed by atoms with E-state index in [4.69, 9.17) is 14.2 Å². The number of ether oxygens (including phenoxy) is 3. The Morgan fingerprint density at radius 1 is 0.278 bits per heavy atom. The molecule has 0 radical (unpaired) electrons. The molecule has 0 saturated heterocycles. The average molecular weight is 1010 g/mol. The van der Waals surface area contributed by atoms with Crippen LogP contribution in [0.25, 0.3) is 0 Å². The van der Waals surface area contributed by atoms with Crippen molar-refractivity contribution >= 4 is 17.9 Å². The van der Waals surface area contributed by atoms with Crippen molar-refractivity contribution in [1.82, 2.24) is 0 Å². The van der Waals surface area contributed by atoms with Crippen molar-refractivity contribution in [2.24, 2.45) is 0 Å². The van der Waals surface area contributed by atoms with E-state index in [0.717, 1.165) is 77.0 Å². The minimum Gasteiger partial charge on any atom is -0.462 e. The first kappa shape index (κ1) is 69.6. The summed E-state index contributed by atoms with van der Waals surface area (Å²) in [5.74, 6) is -0.860. The highest BCUT2D eigenvalue weighted by Crippen LogP contribution is 2.18. The van der Waals surface area contributed by atoms with Crippen molar-refractivity contribution in [2.75, 3.05) is 13.2 Å². The van der Waals surface area contributed by atoms with E-state index in [2.05, 4.69) is 57.2 Å². The van der Waals surface area contributed by atoms with Crippen LogP contribution in [0.1, 0.15) is 348 Å². The highest BCUT2D eigenvalue weighted by molar-refractivity contribution is 5.71. The molecule has 0 amide bonds. The number of rotatable bonds is 59. The average Bonchev–Trinajstić information content (AvgIpc) is 3.38. The lowest BCUT2D eigenvalue weighted by Crippen LogP contribution is -2.30. The van der Waals surface area contributed by atoms with Crippen LogP contribution >= 0.6 is 0 Å². The summed E-state index contributed by atoms with van der Waals surface area (Å²) in [6.07, 6.45) is 74.5. The van der Waals surface area contributed by atoms with Crippen LogP contribution in [0.15, 0.2) is 36.5 Å². The summed E-state index contributed by atoms with van der Waals surface area (Å²) in [4.78, 5) is 38.2. The molecular weight excluding hydrogens is 889 g/mol. The molecule has 6 nitrogen and oxygen atoms in total. The lowest BCUT2D eigenvalue weighted by Gasteiger charge is -2.18. The Morgan fingerprint density at radius 2 is 0.528 bits per heavy atom. The number of allylic oxidation sites excluding steroid dienone is 6. The Balaban J connectivity index is 4.15. The highest BCUT2D eigenvalue weighted by atomic mass is 16.6. The second-order valence-electron chi connectivity index (χ2n) is 21.7. The molecule has 0 aliphatic heterocycles. The first-order valence-electron chi connectivity index (χ1n) is 32.0. The summed E-state index contributed by atoms with van der Waals surface area (Å²) in [5, 5.41) is 0. The molecule has 0 aromatic rings. The van der Waals surface area contributed by atoms with Crippen molar-refractivity contribution in [3.63, 3.8) is 0 Å². The third-order valence-electron chi connectivity index (χ3n) is 14.3. The summed E-state index contributed by atoms with van der Waals surface area (Å²) in [7, 11) is 0. The number of esters is 3. The van der Waals surface area contributed by atoms with Gasteiger partial charge in [0, 0.05) is 19.3 Å². The second kappa shape index (κ2) is 61.2. The molecule has 0 aliphatic rings. The summed E-state index contributed by atoms with van der Waals surface area (Å²) in [6, 6.07) is 0. The maximum Gasteiger partial charge on any atom is 0.306 e. The molecular formula is C66H122O6. The Morgan fingerprint density at radius 3 is 0.833 bits per heavy atom. The molecule has 0 N–H and O–H groups in total. The smallest absolute Gasteiger partial charge is 0.306 e. The lowest BCUT2D eigenvalue weighted by molar-refractivity contribution is -0.167. The molecule has 422 valence electrons. The van der Waals surface area contributed by atoms with Gasteiger partial charge >= 0.3 is 17.9 Å². The third-order valence-corrected chi connectivity index (χ3v) is 14.3.